The zero-order valence-corrected chi connectivity index (χ0v) is 10.4. The van der Waals surface area contributed by atoms with Crippen molar-refractivity contribution >= 4 is 5.69 Å². The van der Waals surface area contributed by atoms with Gasteiger partial charge in [0.2, 0.25) is 0 Å². The third-order valence-corrected chi connectivity index (χ3v) is 2.34. The molecule has 92 valence electrons. The zero-order chi connectivity index (χ0) is 12.9. The van der Waals surface area contributed by atoms with Crippen LogP contribution < -0.4 is 5.32 Å². The molecule has 0 spiro atoms. The maximum Gasteiger partial charge on any atom is 0.124 e. The van der Waals surface area contributed by atoms with Crippen LogP contribution in [0.1, 0.15) is 26.3 Å². The van der Waals surface area contributed by atoms with Crippen LogP contribution in [0.15, 0.2) is 18.2 Å². The van der Waals surface area contributed by atoms with E-state index in [0.717, 1.165) is 0 Å². The number of hydrogen-bond acceptors (Lipinski definition) is 3. The van der Waals surface area contributed by atoms with Crippen LogP contribution in [-0.2, 0) is 4.74 Å². The van der Waals surface area contributed by atoms with Crippen molar-refractivity contribution in [1.29, 1.82) is 5.26 Å². The van der Waals surface area contributed by atoms with Gasteiger partial charge in [0.25, 0.3) is 0 Å². The number of rotatable bonds is 5. The smallest absolute Gasteiger partial charge is 0.124 e. The van der Waals surface area contributed by atoms with E-state index in [1.807, 2.05) is 26.8 Å². The van der Waals surface area contributed by atoms with E-state index in [1.165, 1.54) is 12.1 Å². The molecular formula is C13H17FN2O. The van der Waals surface area contributed by atoms with E-state index >= 15 is 0 Å². The van der Waals surface area contributed by atoms with Crippen molar-refractivity contribution in [2.45, 2.75) is 26.4 Å². The second kappa shape index (κ2) is 5.65. The molecule has 4 heteroatoms. The maximum atomic E-state index is 12.9. The summed E-state index contributed by atoms with van der Waals surface area (Å²) >= 11 is 0. The maximum absolute atomic E-state index is 12.9. The van der Waals surface area contributed by atoms with E-state index in [2.05, 4.69) is 5.32 Å². The highest BCUT2D eigenvalue weighted by molar-refractivity contribution is 5.57. The molecule has 0 saturated carbocycles. The van der Waals surface area contributed by atoms with Crippen LogP contribution in [0.2, 0.25) is 0 Å². The molecule has 0 aromatic heterocycles. The summed E-state index contributed by atoms with van der Waals surface area (Å²) in [4.78, 5) is 0. The first-order valence-electron chi connectivity index (χ1n) is 5.56. The first-order chi connectivity index (χ1) is 7.98. The summed E-state index contributed by atoms with van der Waals surface area (Å²) in [7, 11) is 0. The summed E-state index contributed by atoms with van der Waals surface area (Å²) in [5, 5.41) is 12.0. The Morgan fingerprint density at radius 1 is 1.47 bits per heavy atom. The Labute approximate surface area is 101 Å². The Morgan fingerprint density at radius 3 is 2.76 bits per heavy atom. The van der Waals surface area contributed by atoms with Gasteiger partial charge in [0.15, 0.2) is 0 Å². The van der Waals surface area contributed by atoms with E-state index in [-0.39, 0.29) is 5.60 Å². The first-order valence-corrected chi connectivity index (χ1v) is 5.56. The van der Waals surface area contributed by atoms with Crippen LogP contribution in [0.25, 0.3) is 0 Å². The average molecular weight is 236 g/mol. The topological polar surface area (TPSA) is 45.0 Å². The molecule has 0 radical (unpaired) electrons. The number of ether oxygens (including phenoxy) is 1. The zero-order valence-electron chi connectivity index (χ0n) is 10.4. The monoisotopic (exact) mass is 236 g/mol. The SMILES string of the molecule is CCOC(C)(C)CNc1ccc(F)cc1C#N. The number of halogens is 1. The highest BCUT2D eigenvalue weighted by Gasteiger charge is 2.17. The summed E-state index contributed by atoms with van der Waals surface area (Å²) in [6, 6.07) is 6.08. The Hall–Kier alpha value is -1.60. The van der Waals surface area contributed by atoms with Gasteiger partial charge in [-0.15, -0.1) is 0 Å². The molecule has 0 atom stereocenters. The van der Waals surface area contributed by atoms with E-state index in [9.17, 15) is 4.39 Å². The lowest BCUT2D eigenvalue weighted by atomic mass is 10.1. The molecule has 0 aliphatic rings. The van der Waals surface area contributed by atoms with Gasteiger partial charge in [-0.1, -0.05) is 0 Å². The van der Waals surface area contributed by atoms with Crippen molar-refractivity contribution in [3.8, 4) is 6.07 Å². The predicted molar refractivity (Wildman–Crippen MR) is 65.3 cm³/mol. The Balaban J connectivity index is 2.73. The molecule has 0 saturated heterocycles. The summed E-state index contributed by atoms with van der Waals surface area (Å²) < 4.78 is 18.5. The second-order valence-electron chi connectivity index (χ2n) is 4.35. The van der Waals surface area contributed by atoms with Crippen molar-refractivity contribution in [1.82, 2.24) is 0 Å². The Morgan fingerprint density at radius 2 is 2.18 bits per heavy atom. The van der Waals surface area contributed by atoms with Gasteiger partial charge in [-0.05, 0) is 39.0 Å². The van der Waals surface area contributed by atoms with Gasteiger partial charge in [0, 0.05) is 13.2 Å². The molecule has 3 nitrogen and oxygen atoms in total. The number of nitriles is 1. The lowest BCUT2D eigenvalue weighted by Gasteiger charge is -2.25. The number of nitrogens with zero attached hydrogens (tertiary/aromatic N) is 1. The van der Waals surface area contributed by atoms with Gasteiger partial charge in [0.1, 0.15) is 11.9 Å². The Kier molecular flexibility index (Phi) is 4.47. The average Bonchev–Trinajstić information content (AvgIpc) is 2.27. The van der Waals surface area contributed by atoms with Crippen LogP contribution in [-0.4, -0.2) is 18.8 Å². The van der Waals surface area contributed by atoms with E-state index < -0.39 is 5.82 Å². The predicted octanol–water partition coefficient (Wildman–Crippen LogP) is 2.92. The van der Waals surface area contributed by atoms with Crippen LogP contribution in [0.3, 0.4) is 0 Å². The largest absolute Gasteiger partial charge is 0.381 e. The Bertz CT molecular complexity index is 424. The van der Waals surface area contributed by atoms with Gasteiger partial charge >= 0.3 is 0 Å². The van der Waals surface area contributed by atoms with E-state index in [1.54, 1.807) is 6.07 Å². The molecule has 0 heterocycles. The molecular weight excluding hydrogens is 219 g/mol. The third kappa shape index (κ3) is 4.04. The number of nitrogens with one attached hydrogen (secondary N) is 1. The molecule has 1 aromatic carbocycles. The normalized spacial score (nSPS) is 11.0. The third-order valence-electron chi connectivity index (χ3n) is 2.34. The minimum Gasteiger partial charge on any atom is -0.381 e. The van der Waals surface area contributed by atoms with Crippen LogP contribution in [0, 0.1) is 17.1 Å². The fourth-order valence-electron chi connectivity index (χ4n) is 1.51. The van der Waals surface area contributed by atoms with Gasteiger partial charge in [-0.25, -0.2) is 4.39 Å². The van der Waals surface area contributed by atoms with Crippen LogP contribution in [0.4, 0.5) is 10.1 Å². The quantitative estimate of drug-likeness (QED) is 0.855. The molecule has 0 amide bonds. The summed E-state index contributed by atoms with van der Waals surface area (Å²) in [6.45, 7) is 7.03. The minimum absolute atomic E-state index is 0.303. The van der Waals surface area contributed by atoms with Gasteiger partial charge < -0.3 is 10.1 Å². The molecule has 1 aromatic rings. The molecule has 1 N–H and O–H groups in total. The molecule has 0 aliphatic heterocycles. The highest BCUT2D eigenvalue weighted by Crippen LogP contribution is 2.18. The molecule has 0 bridgehead atoms. The molecule has 1 rings (SSSR count). The minimum atomic E-state index is -0.406. The van der Waals surface area contributed by atoms with E-state index in [0.29, 0.717) is 24.4 Å². The number of anilines is 1. The first kappa shape index (κ1) is 13.5. The summed E-state index contributed by atoms with van der Waals surface area (Å²) in [5.74, 6) is -0.406. The van der Waals surface area contributed by atoms with E-state index in [4.69, 9.17) is 10.00 Å². The lowest BCUT2D eigenvalue weighted by molar-refractivity contribution is 0.000696. The molecule has 0 fully saturated rings. The lowest BCUT2D eigenvalue weighted by Crippen LogP contribution is -2.33. The fourth-order valence-corrected chi connectivity index (χ4v) is 1.51. The van der Waals surface area contributed by atoms with Gasteiger partial charge in [-0.2, -0.15) is 5.26 Å². The molecule has 0 unspecified atom stereocenters. The van der Waals surface area contributed by atoms with Crippen molar-refractivity contribution in [2.24, 2.45) is 0 Å². The van der Waals surface area contributed by atoms with Crippen molar-refractivity contribution in [2.75, 3.05) is 18.5 Å². The van der Waals surface area contributed by atoms with Gasteiger partial charge in [0.05, 0.1) is 16.9 Å². The van der Waals surface area contributed by atoms with Crippen LogP contribution in [0.5, 0.6) is 0 Å². The van der Waals surface area contributed by atoms with Crippen molar-refractivity contribution in [3.63, 3.8) is 0 Å². The van der Waals surface area contributed by atoms with Crippen molar-refractivity contribution in [3.05, 3.63) is 29.6 Å². The second-order valence-corrected chi connectivity index (χ2v) is 4.35. The summed E-state index contributed by atoms with van der Waals surface area (Å²) in [6.07, 6.45) is 0. The number of benzene rings is 1. The molecule has 0 aliphatic carbocycles. The highest BCUT2D eigenvalue weighted by atomic mass is 19.1. The van der Waals surface area contributed by atoms with Crippen LogP contribution >= 0.6 is 0 Å². The molecule has 17 heavy (non-hydrogen) atoms. The standard InChI is InChI=1S/C13H17FN2O/c1-4-17-13(2,3)9-16-12-6-5-11(14)7-10(12)8-15/h5-7,16H,4,9H2,1-3H3. The summed E-state index contributed by atoms with van der Waals surface area (Å²) in [5.41, 5.74) is 0.606. The fraction of sp³-hybridized carbons (Fsp3) is 0.462. The van der Waals surface area contributed by atoms with Crippen molar-refractivity contribution < 1.29 is 9.13 Å². The van der Waals surface area contributed by atoms with Gasteiger partial charge in [-0.3, -0.25) is 0 Å². The number of hydrogen-bond donors (Lipinski definition) is 1.